The second-order valence-corrected chi connectivity index (χ2v) is 7.26. The van der Waals surface area contributed by atoms with E-state index in [1.807, 2.05) is 6.92 Å². The van der Waals surface area contributed by atoms with Crippen LogP contribution in [0.2, 0.25) is 0 Å². The van der Waals surface area contributed by atoms with Gasteiger partial charge >= 0.3 is 5.97 Å². The molecule has 2 rings (SSSR count). The van der Waals surface area contributed by atoms with Gasteiger partial charge in [0.2, 0.25) is 0 Å². The van der Waals surface area contributed by atoms with Crippen molar-refractivity contribution < 1.29 is 19.8 Å². The van der Waals surface area contributed by atoms with Crippen molar-refractivity contribution in [2.45, 2.75) is 31.2 Å². The molecule has 1 aromatic carbocycles. The fourth-order valence-corrected chi connectivity index (χ4v) is 4.32. The van der Waals surface area contributed by atoms with Crippen molar-refractivity contribution in [2.75, 3.05) is 5.75 Å². The van der Waals surface area contributed by atoms with Gasteiger partial charge in [-0.15, -0.1) is 11.8 Å². The largest absolute Gasteiger partial charge is 0.507 e. The Morgan fingerprint density at radius 3 is 2.81 bits per heavy atom. The first-order valence-electron chi connectivity index (χ1n) is 6.61. The standard InChI is InChI=1S/C14H16INO4S/c1-2-3-12-16(10(7-21-12)14(19)20)13(18)9-6-8(15)4-5-11(9)17/h4-6,10,12,17H,2-3,7H2,1H3,(H,19,20). The van der Waals surface area contributed by atoms with Crippen LogP contribution < -0.4 is 0 Å². The van der Waals surface area contributed by atoms with Gasteiger partial charge in [-0.1, -0.05) is 13.3 Å². The van der Waals surface area contributed by atoms with Crippen molar-refractivity contribution in [2.24, 2.45) is 0 Å². The summed E-state index contributed by atoms with van der Waals surface area (Å²) in [5.74, 6) is -1.14. The summed E-state index contributed by atoms with van der Waals surface area (Å²) in [4.78, 5) is 25.5. The van der Waals surface area contributed by atoms with E-state index in [-0.39, 0.29) is 16.7 Å². The van der Waals surface area contributed by atoms with Gasteiger partial charge in [-0.25, -0.2) is 4.79 Å². The maximum Gasteiger partial charge on any atom is 0.327 e. The molecule has 2 unspecified atom stereocenters. The molecular weight excluding hydrogens is 405 g/mol. The van der Waals surface area contributed by atoms with Crippen LogP contribution in [0.5, 0.6) is 5.75 Å². The fourth-order valence-electron chi connectivity index (χ4n) is 2.31. The van der Waals surface area contributed by atoms with Crippen LogP contribution >= 0.6 is 34.4 Å². The molecule has 7 heteroatoms. The smallest absolute Gasteiger partial charge is 0.327 e. The molecule has 5 nitrogen and oxygen atoms in total. The minimum atomic E-state index is -1.00. The molecule has 0 aromatic heterocycles. The van der Waals surface area contributed by atoms with Gasteiger partial charge in [0.05, 0.1) is 10.9 Å². The number of carboxylic acids is 1. The molecule has 1 aliphatic heterocycles. The minimum absolute atomic E-state index is 0.114. The van der Waals surface area contributed by atoms with Crippen LogP contribution in [-0.4, -0.2) is 44.2 Å². The second kappa shape index (κ2) is 6.87. The van der Waals surface area contributed by atoms with E-state index in [1.165, 1.54) is 22.7 Å². The molecule has 1 saturated heterocycles. The first kappa shape index (κ1) is 16.4. The number of benzene rings is 1. The van der Waals surface area contributed by atoms with E-state index >= 15 is 0 Å². The number of phenolic OH excluding ortho intramolecular Hbond substituents is 1. The molecule has 0 spiro atoms. The number of halogens is 1. The van der Waals surface area contributed by atoms with E-state index < -0.39 is 17.9 Å². The minimum Gasteiger partial charge on any atom is -0.507 e. The molecule has 21 heavy (non-hydrogen) atoms. The van der Waals surface area contributed by atoms with Crippen LogP contribution in [0.25, 0.3) is 0 Å². The normalized spacial score (nSPS) is 21.5. The summed E-state index contributed by atoms with van der Waals surface area (Å²) >= 11 is 3.54. The number of thioether (sulfide) groups is 1. The number of aromatic hydroxyl groups is 1. The molecule has 1 heterocycles. The SMILES string of the molecule is CCCC1SCC(C(=O)O)N1C(=O)c1cc(I)ccc1O. The molecule has 0 bridgehead atoms. The van der Waals surface area contributed by atoms with Gasteiger partial charge in [-0.05, 0) is 47.2 Å². The van der Waals surface area contributed by atoms with Crippen molar-refractivity contribution in [3.8, 4) is 5.75 Å². The zero-order valence-corrected chi connectivity index (χ0v) is 14.4. The fraction of sp³-hybridized carbons (Fsp3) is 0.429. The lowest BCUT2D eigenvalue weighted by atomic mass is 10.1. The van der Waals surface area contributed by atoms with Crippen molar-refractivity contribution in [3.05, 3.63) is 27.3 Å². The summed E-state index contributed by atoms with van der Waals surface area (Å²) in [5, 5.41) is 19.1. The highest BCUT2D eigenvalue weighted by molar-refractivity contribution is 14.1. The molecule has 2 N–H and O–H groups in total. The Morgan fingerprint density at radius 2 is 2.19 bits per heavy atom. The molecule has 1 fully saturated rings. The van der Waals surface area contributed by atoms with Crippen LogP contribution in [-0.2, 0) is 4.79 Å². The highest BCUT2D eigenvalue weighted by Gasteiger charge is 2.42. The zero-order chi connectivity index (χ0) is 15.6. The van der Waals surface area contributed by atoms with Gasteiger partial charge in [-0.2, -0.15) is 0 Å². The third kappa shape index (κ3) is 3.45. The lowest BCUT2D eigenvalue weighted by Crippen LogP contribution is -2.45. The van der Waals surface area contributed by atoms with Crippen LogP contribution in [0, 0.1) is 3.57 Å². The van der Waals surface area contributed by atoms with Crippen LogP contribution in [0.3, 0.4) is 0 Å². The van der Waals surface area contributed by atoms with Gasteiger partial charge in [0, 0.05) is 9.32 Å². The summed E-state index contributed by atoms with van der Waals surface area (Å²) in [6.45, 7) is 2.00. The summed E-state index contributed by atoms with van der Waals surface area (Å²) < 4.78 is 0.819. The van der Waals surface area contributed by atoms with Crippen LogP contribution in [0.4, 0.5) is 0 Å². The monoisotopic (exact) mass is 421 g/mol. The number of hydrogen-bond donors (Lipinski definition) is 2. The van der Waals surface area contributed by atoms with Crippen molar-refractivity contribution in [1.82, 2.24) is 4.90 Å². The molecule has 0 radical (unpaired) electrons. The number of carbonyl (C=O) groups excluding carboxylic acids is 1. The number of hydrogen-bond acceptors (Lipinski definition) is 4. The maximum absolute atomic E-state index is 12.7. The number of rotatable bonds is 4. The highest BCUT2D eigenvalue weighted by Crippen LogP contribution is 2.35. The molecule has 114 valence electrons. The van der Waals surface area contributed by atoms with Crippen molar-refractivity contribution >= 4 is 46.2 Å². The predicted octanol–water partition coefficient (Wildman–Crippen LogP) is 2.77. The summed E-state index contributed by atoms with van der Waals surface area (Å²) in [5.41, 5.74) is 0.164. The Hall–Kier alpha value is -0.960. The third-order valence-electron chi connectivity index (χ3n) is 3.34. The first-order valence-corrected chi connectivity index (χ1v) is 8.74. The molecule has 1 amide bonds. The predicted molar refractivity (Wildman–Crippen MR) is 89.6 cm³/mol. The summed E-state index contributed by atoms with van der Waals surface area (Å²) in [6, 6.07) is 3.91. The second-order valence-electron chi connectivity index (χ2n) is 4.80. The summed E-state index contributed by atoms with van der Waals surface area (Å²) in [6.07, 6.45) is 1.61. The molecule has 1 aliphatic rings. The van der Waals surface area contributed by atoms with Gasteiger partial charge in [0.1, 0.15) is 11.8 Å². The number of aliphatic carboxylic acids is 1. The maximum atomic E-state index is 12.7. The number of phenols is 1. The van der Waals surface area contributed by atoms with E-state index in [0.29, 0.717) is 5.75 Å². The van der Waals surface area contributed by atoms with Crippen LogP contribution in [0.1, 0.15) is 30.1 Å². The topological polar surface area (TPSA) is 77.8 Å². The van der Waals surface area contributed by atoms with Gasteiger partial charge in [-0.3, -0.25) is 4.79 Å². The van der Waals surface area contributed by atoms with E-state index in [2.05, 4.69) is 22.6 Å². The Morgan fingerprint density at radius 1 is 1.48 bits per heavy atom. The van der Waals surface area contributed by atoms with E-state index in [9.17, 15) is 19.8 Å². The van der Waals surface area contributed by atoms with E-state index in [0.717, 1.165) is 16.4 Å². The number of carboxylic acid groups (broad SMARTS) is 1. The lowest BCUT2D eigenvalue weighted by Gasteiger charge is -2.27. The van der Waals surface area contributed by atoms with E-state index in [4.69, 9.17) is 0 Å². The zero-order valence-electron chi connectivity index (χ0n) is 11.5. The number of amides is 1. The third-order valence-corrected chi connectivity index (χ3v) is 5.36. The molecule has 1 aromatic rings. The first-order chi connectivity index (χ1) is 9.95. The Labute approximate surface area is 140 Å². The molecule has 0 saturated carbocycles. The van der Waals surface area contributed by atoms with Crippen LogP contribution in [0.15, 0.2) is 18.2 Å². The summed E-state index contributed by atoms with van der Waals surface area (Å²) in [7, 11) is 0. The average molecular weight is 421 g/mol. The number of nitrogens with zero attached hydrogens (tertiary/aromatic N) is 1. The van der Waals surface area contributed by atoms with Crippen molar-refractivity contribution in [1.29, 1.82) is 0 Å². The Bertz CT molecular complexity index is 566. The van der Waals surface area contributed by atoms with Crippen molar-refractivity contribution in [3.63, 3.8) is 0 Å². The lowest BCUT2D eigenvalue weighted by molar-refractivity contribution is -0.141. The van der Waals surface area contributed by atoms with Gasteiger partial charge in [0.25, 0.3) is 5.91 Å². The van der Waals surface area contributed by atoms with Gasteiger partial charge in [0.15, 0.2) is 0 Å². The quantitative estimate of drug-likeness (QED) is 0.732. The highest BCUT2D eigenvalue weighted by atomic mass is 127. The molecular formula is C14H16INO4S. The van der Waals surface area contributed by atoms with Gasteiger partial charge < -0.3 is 15.1 Å². The number of carbonyl (C=O) groups is 2. The average Bonchev–Trinajstić information content (AvgIpc) is 2.85. The Balaban J connectivity index is 2.36. The molecule has 0 aliphatic carbocycles. The Kier molecular flexibility index (Phi) is 5.37. The van der Waals surface area contributed by atoms with E-state index in [1.54, 1.807) is 12.1 Å². The molecule has 2 atom stereocenters.